The van der Waals surface area contributed by atoms with Gasteiger partial charge in [0.2, 0.25) is 0 Å². The van der Waals surface area contributed by atoms with E-state index in [9.17, 15) is 4.39 Å². The summed E-state index contributed by atoms with van der Waals surface area (Å²) in [7, 11) is 2.17. The molecule has 0 aromatic heterocycles. The second-order valence-corrected chi connectivity index (χ2v) is 4.91. The van der Waals surface area contributed by atoms with Crippen LogP contribution in [0.3, 0.4) is 0 Å². The van der Waals surface area contributed by atoms with Gasteiger partial charge in [-0.2, -0.15) is 0 Å². The quantitative estimate of drug-likeness (QED) is 0.551. The first kappa shape index (κ1) is 20.5. The predicted octanol–water partition coefficient (Wildman–Crippen LogP) is 4.58. The first-order valence-corrected chi connectivity index (χ1v) is 7.07. The molecular formula is C16H32FNO. The number of halogens is 1. The summed E-state index contributed by atoms with van der Waals surface area (Å²) in [4.78, 5) is 2.36. The van der Waals surface area contributed by atoms with Gasteiger partial charge in [0, 0.05) is 0 Å². The van der Waals surface area contributed by atoms with Crippen LogP contribution in [0.25, 0.3) is 0 Å². The second-order valence-electron chi connectivity index (χ2n) is 4.91. The van der Waals surface area contributed by atoms with Crippen molar-refractivity contribution in [2.75, 3.05) is 26.7 Å². The molecule has 1 saturated heterocycles. The highest BCUT2D eigenvalue weighted by molar-refractivity contribution is 4.98. The molecule has 0 aromatic carbocycles. The molecule has 0 N–H and O–H groups in total. The maximum Gasteiger partial charge on any atom is 0.115 e. The average Bonchev–Trinajstić information content (AvgIpc) is 2.82. The van der Waals surface area contributed by atoms with Crippen molar-refractivity contribution in [1.82, 2.24) is 4.90 Å². The predicted molar refractivity (Wildman–Crippen MR) is 83.2 cm³/mol. The fraction of sp³-hybridized carbons (Fsp3) is 0.750. The first-order valence-electron chi connectivity index (χ1n) is 7.07. The van der Waals surface area contributed by atoms with Gasteiger partial charge in [-0.15, -0.1) is 6.58 Å². The molecule has 1 aliphatic rings. The molecule has 1 fully saturated rings. The second kappa shape index (κ2) is 13.6. The summed E-state index contributed by atoms with van der Waals surface area (Å²) in [6, 6.07) is 0. The third kappa shape index (κ3) is 17.2. The number of rotatable bonds is 3. The number of likely N-dealkylation sites (tertiary alicyclic amines) is 1. The van der Waals surface area contributed by atoms with Gasteiger partial charge >= 0.3 is 0 Å². The van der Waals surface area contributed by atoms with Crippen molar-refractivity contribution in [2.45, 2.75) is 53.6 Å². The molecular weight excluding hydrogens is 241 g/mol. The number of nitrogens with zero attached hydrogens (tertiary/aromatic N) is 1. The summed E-state index contributed by atoms with van der Waals surface area (Å²) in [5, 5.41) is 0. The molecule has 1 rings (SSSR count). The Labute approximate surface area is 119 Å². The number of alkyl halides is 1. The van der Waals surface area contributed by atoms with Crippen LogP contribution in [0.4, 0.5) is 4.39 Å². The van der Waals surface area contributed by atoms with Crippen LogP contribution >= 0.6 is 0 Å². The molecule has 1 unspecified atom stereocenters. The zero-order valence-electron chi connectivity index (χ0n) is 13.6. The first-order chi connectivity index (χ1) is 8.84. The highest BCUT2D eigenvalue weighted by atomic mass is 19.1. The molecule has 0 saturated carbocycles. The van der Waals surface area contributed by atoms with Crippen molar-refractivity contribution in [3.05, 3.63) is 24.0 Å². The van der Waals surface area contributed by atoms with E-state index in [1.165, 1.54) is 44.5 Å². The van der Waals surface area contributed by atoms with Crippen molar-refractivity contribution in [2.24, 2.45) is 0 Å². The lowest BCUT2D eigenvalue weighted by Gasteiger charge is -2.02. The highest BCUT2D eigenvalue weighted by Crippen LogP contribution is 2.02. The van der Waals surface area contributed by atoms with E-state index >= 15 is 0 Å². The molecule has 19 heavy (non-hydrogen) atoms. The standard InChI is InChI=1S/C7H14O.C5H11N.C4H7F/c1-5-8-7(4)6(2)3;1-6-4-2-3-5-6;1-3-4(2)5/h5H2,1-4H3;2-5H2,1H3;3-4H,1H2,2H3. The maximum absolute atomic E-state index is 11.3. The third-order valence-corrected chi connectivity index (χ3v) is 2.72. The lowest BCUT2D eigenvalue weighted by atomic mass is 10.3. The van der Waals surface area contributed by atoms with Crippen LogP contribution in [0.15, 0.2) is 24.0 Å². The lowest BCUT2D eigenvalue weighted by molar-refractivity contribution is 0.228. The Morgan fingerprint density at radius 1 is 1.32 bits per heavy atom. The summed E-state index contributed by atoms with van der Waals surface area (Å²) >= 11 is 0. The number of hydrogen-bond donors (Lipinski definition) is 0. The molecule has 1 atom stereocenters. The number of ether oxygens (including phenoxy) is 1. The monoisotopic (exact) mass is 273 g/mol. The molecule has 0 spiro atoms. The van der Waals surface area contributed by atoms with E-state index in [4.69, 9.17) is 4.74 Å². The van der Waals surface area contributed by atoms with Crippen LogP contribution < -0.4 is 0 Å². The minimum Gasteiger partial charge on any atom is -0.499 e. The summed E-state index contributed by atoms with van der Waals surface area (Å²) in [5.41, 5.74) is 1.26. The van der Waals surface area contributed by atoms with Gasteiger partial charge in [-0.25, -0.2) is 4.39 Å². The molecule has 0 amide bonds. The van der Waals surface area contributed by atoms with E-state index in [2.05, 4.69) is 18.5 Å². The van der Waals surface area contributed by atoms with Crippen LogP contribution in [0.5, 0.6) is 0 Å². The van der Waals surface area contributed by atoms with Crippen molar-refractivity contribution in [3.8, 4) is 0 Å². The Bertz CT molecular complexity index is 239. The van der Waals surface area contributed by atoms with E-state index in [1.807, 2.05) is 27.7 Å². The fourth-order valence-electron chi connectivity index (χ4n) is 1.24. The molecule has 0 aliphatic carbocycles. The smallest absolute Gasteiger partial charge is 0.115 e. The third-order valence-electron chi connectivity index (χ3n) is 2.72. The van der Waals surface area contributed by atoms with E-state index in [0.29, 0.717) is 0 Å². The zero-order chi connectivity index (χ0) is 15.3. The molecule has 2 nitrogen and oxygen atoms in total. The van der Waals surface area contributed by atoms with Gasteiger partial charge in [-0.3, -0.25) is 0 Å². The van der Waals surface area contributed by atoms with E-state index < -0.39 is 6.17 Å². The van der Waals surface area contributed by atoms with Gasteiger partial charge in [-0.05, 0) is 73.2 Å². The Kier molecular flexibility index (Phi) is 14.7. The average molecular weight is 273 g/mol. The summed E-state index contributed by atoms with van der Waals surface area (Å²) in [5.74, 6) is 1.05. The SMILES string of the molecule is C=CC(C)F.CCOC(C)=C(C)C.CN1CCCC1. The molecule has 1 aliphatic heterocycles. The van der Waals surface area contributed by atoms with Crippen LogP contribution in [0, 0.1) is 0 Å². The van der Waals surface area contributed by atoms with E-state index in [-0.39, 0.29) is 0 Å². The van der Waals surface area contributed by atoms with Gasteiger partial charge in [0.05, 0.1) is 12.4 Å². The minimum absolute atomic E-state index is 0.775. The minimum atomic E-state index is -0.852. The van der Waals surface area contributed by atoms with Crippen LogP contribution in [0.2, 0.25) is 0 Å². The summed E-state index contributed by atoms with van der Waals surface area (Å²) in [6.45, 7) is 16.1. The van der Waals surface area contributed by atoms with Gasteiger partial charge in [0.1, 0.15) is 6.17 Å². The van der Waals surface area contributed by atoms with Crippen molar-refractivity contribution >= 4 is 0 Å². The van der Waals surface area contributed by atoms with Crippen LogP contribution in [-0.2, 0) is 4.74 Å². The number of hydrogen-bond acceptors (Lipinski definition) is 2. The maximum atomic E-state index is 11.3. The van der Waals surface area contributed by atoms with Crippen LogP contribution in [-0.4, -0.2) is 37.8 Å². The van der Waals surface area contributed by atoms with Crippen LogP contribution in [0.1, 0.15) is 47.5 Å². The normalized spacial score (nSPS) is 15.3. The Morgan fingerprint density at radius 2 is 1.74 bits per heavy atom. The van der Waals surface area contributed by atoms with Crippen molar-refractivity contribution in [1.29, 1.82) is 0 Å². The number of allylic oxidation sites excluding steroid dienone is 3. The highest BCUT2D eigenvalue weighted by Gasteiger charge is 2.03. The van der Waals surface area contributed by atoms with E-state index in [0.717, 1.165) is 12.4 Å². The summed E-state index contributed by atoms with van der Waals surface area (Å²) < 4.78 is 16.5. The molecule has 0 bridgehead atoms. The molecule has 0 aromatic rings. The van der Waals surface area contributed by atoms with Crippen molar-refractivity contribution in [3.63, 3.8) is 0 Å². The topological polar surface area (TPSA) is 12.5 Å². The van der Waals surface area contributed by atoms with E-state index in [1.54, 1.807) is 0 Å². The Morgan fingerprint density at radius 3 is 1.84 bits per heavy atom. The molecule has 114 valence electrons. The summed E-state index contributed by atoms with van der Waals surface area (Å²) in [6.07, 6.45) is 3.22. The van der Waals surface area contributed by atoms with Gasteiger partial charge in [0.25, 0.3) is 0 Å². The van der Waals surface area contributed by atoms with Gasteiger partial charge in [0.15, 0.2) is 0 Å². The largest absolute Gasteiger partial charge is 0.499 e. The van der Waals surface area contributed by atoms with Gasteiger partial charge < -0.3 is 9.64 Å². The van der Waals surface area contributed by atoms with Gasteiger partial charge in [-0.1, -0.05) is 6.08 Å². The lowest BCUT2D eigenvalue weighted by Crippen LogP contribution is -2.10. The zero-order valence-corrected chi connectivity index (χ0v) is 13.6. The fourth-order valence-corrected chi connectivity index (χ4v) is 1.24. The molecule has 1 heterocycles. The molecule has 0 radical (unpaired) electrons. The van der Waals surface area contributed by atoms with Crippen molar-refractivity contribution < 1.29 is 9.13 Å². The Hall–Kier alpha value is -0.830. The molecule has 3 heteroatoms. The Balaban J connectivity index is 0.